The largest absolute Gasteiger partial charge is 0.460 e. The number of alkyl halides is 9. The zero-order valence-corrected chi connectivity index (χ0v) is 11.6. The summed E-state index contributed by atoms with van der Waals surface area (Å²) in [7, 11) is -6.78. The van der Waals surface area contributed by atoms with Crippen LogP contribution in [0.5, 0.6) is 0 Å². The van der Waals surface area contributed by atoms with Crippen LogP contribution in [0.1, 0.15) is 0 Å². The molecule has 0 aliphatic heterocycles. The molecule has 0 atom stereocenters. The van der Waals surface area contributed by atoms with Gasteiger partial charge in [-0.25, -0.2) is 8.42 Å². The van der Waals surface area contributed by atoms with Gasteiger partial charge in [0.1, 0.15) is 0 Å². The van der Waals surface area contributed by atoms with Gasteiger partial charge in [-0.3, -0.25) is 0 Å². The summed E-state index contributed by atoms with van der Waals surface area (Å²) in [6, 6.07) is 0. The summed E-state index contributed by atoms with van der Waals surface area (Å²) >= 11 is 0. The third-order valence-electron chi connectivity index (χ3n) is 2.48. The van der Waals surface area contributed by atoms with E-state index in [1.165, 1.54) is 0 Å². The predicted molar refractivity (Wildman–Crippen MR) is 55.6 cm³/mol. The number of sulfonamides is 1. The first-order chi connectivity index (χ1) is 10.0. The lowest BCUT2D eigenvalue weighted by Gasteiger charge is -2.35. The minimum Gasteiger partial charge on any atom is -0.395 e. The first-order valence-electron chi connectivity index (χ1n) is 5.44. The maximum Gasteiger partial charge on any atom is 0.460 e. The lowest BCUT2D eigenvalue weighted by atomic mass is 10.1. The van der Waals surface area contributed by atoms with Gasteiger partial charge in [-0.2, -0.15) is 43.8 Å². The highest BCUT2D eigenvalue weighted by molar-refractivity contribution is 7.90. The molecule has 23 heavy (non-hydrogen) atoms. The second-order valence-electron chi connectivity index (χ2n) is 4.01. The van der Waals surface area contributed by atoms with Gasteiger partial charge >= 0.3 is 23.3 Å². The van der Waals surface area contributed by atoms with Crippen molar-refractivity contribution < 1.29 is 58.1 Å². The number of rotatable bonds is 8. The molecule has 0 amide bonds. The monoisotopic (exact) mass is 387 g/mol. The van der Waals surface area contributed by atoms with Crippen molar-refractivity contribution in [1.82, 2.24) is 4.31 Å². The van der Waals surface area contributed by atoms with Crippen LogP contribution in [0, 0.1) is 0 Å². The molecule has 0 spiro atoms. The second-order valence-corrected chi connectivity index (χ2v) is 5.99. The summed E-state index contributed by atoms with van der Waals surface area (Å²) in [4.78, 5) is 0. The molecule has 0 saturated carbocycles. The lowest BCUT2D eigenvalue weighted by molar-refractivity contribution is -0.382. The molecule has 0 aliphatic carbocycles. The molecule has 5 nitrogen and oxygen atoms in total. The Morgan fingerprint density at radius 2 is 1.09 bits per heavy atom. The Labute approximate surface area is 123 Å². The zero-order chi connectivity index (χ0) is 18.9. The maximum atomic E-state index is 13.4. The lowest BCUT2D eigenvalue weighted by Crippen LogP contribution is -2.65. The minimum absolute atomic E-state index is 0.729. The van der Waals surface area contributed by atoms with Crippen molar-refractivity contribution in [3.8, 4) is 0 Å². The average Bonchev–Trinajstić information content (AvgIpc) is 2.36. The Hall–Kier alpha value is -0.800. The van der Waals surface area contributed by atoms with Crippen molar-refractivity contribution in [1.29, 1.82) is 0 Å². The second kappa shape index (κ2) is 6.60. The molecule has 0 aromatic heterocycles. The fraction of sp³-hybridized carbons (Fsp3) is 1.00. The summed E-state index contributed by atoms with van der Waals surface area (Å²) in [6.45, 7) is -5.19. The van der Waals surface area contributed by atoms with Crippen LogP contribution in [0.4, 0.5) is 39.5 Å². The van der Waals surface area contributed by atoms with Crippen molar-refractivity contribution in [2.24, 2.45) is 0 Å². The van der Waals surface area contributed by atoms with Crippen LogP contribution in [0.25, 0.3) is 0 Å². The molecule has 0 radical (unpaired) electrons. The smallest absolute Gasteiger partial charge is 0.395 e. The molecule has 2 N–H and O–H groups in total. The topological polar surface area (TPSA) is 77.8 Å². The molecular weight excluding hydrogens is 377 g/mol. The Kier molecular flexibility index (Phi) is 6.37. The number of aliphatic hydroxyl groups is 2. The molecule has 15 heteroatoms. The normalized spacial score (nSPS) is 15.3. The van der Waals surface area contributed by atoms with Crippen LogP contribution in [0.2, 0.25) is 0 Å². The van der Waals surface area contributed by atoms with Crippen LogP contribution in [0.3, 0.4) is 0 Å². The Morgan fingerprint density at radius 3 is 1.35 bits per heavy atom. The van der Waals surface area contributed by atoms with E-state index in [0.29, 0.717) is 0 Å². The van der Waals surface area contributed by atoms with Crippen molar-refractivity contribution in [3.63, 3.8) is 0 Å². The first-order valence-corrected chi connectivity index (χ1v) is 6.88. The van der Waals surface area contributed by atoms with Gasteiger partial charge in [-0.05, 0) is 0 Å². The van der Waals surface area contributed by atoms with Gasteiger partial charge in [0.05, 0.1) is 13.2 Å². The Morgan fingerprint density at radius 1 is 0.739 bits per heavy atom. The third kappa shape index (κ3) is 3.51. The van der Waals surface area contributed by atoms with Crippen LogP contribution in [0.15, 0.2) is 0 Å². The van der Waals surface area contributed by atoms with Gasteiger partial charge < -0.3 is 10.2 Å². The van der Waals surface area contributed by atoms with E-state index in [2.05, 4.69) is 0 Å². The van der Waals surface area contributed by atoms with Gasteiger partial charge in [0.25, 0.3) is 10.0 Å². The number of nitrogens with zero attached hydrogens (tertiary/aromatic N) is 1. The van der Waals surface area contributed by atoms with E-state index in [1.807, 2.05) is 0 Å². The van der Waals surface area contributed by atoms with Crippen molar-refractivity contribution in [2.45, 2.75) is 23.3 Å². The molecule has 0 aromatic carbocycles. The molecule has 0 aliphatic rings. The Bertz CT molecular complexity index is 498. The van der Waals surface area contributed by atoms with Crippen LogP contribution < -0.4 is 0 Å². The van der Waals surface area contributed by atoms with Crippen LogP contribution in [-0.4, -0.2) is 72.5 Å². The van der Waals surface area contributed by atoms with E-state index >= 15 is 0 Å². The van der Waals surface area contributed by atoms with Crippen molar-refractivity contribution in [3.05, 3.63) is 0 Å². The van der Waals surface area contributed by atoms with Gasteiger partial charge in [0, 0.05) is 13.1 Å². The third-order valence-corrected chi connectivity index (χ3v) is 4.43. The van der Waals surface area contributed by atoms with E-state index in [0.717, 1.165) is 0 Å². The molecule has 0 heterocycles. The number of hydrogen-bond acceptors (Lipinski definition) is 4. The maximum absolute atomic E-state index is 13.4. The number of hydrogen-bond donors (Lipinski definition) is 2. The minimum atomic E-state index is -7.36. The van der Waals surface area contributed by atoms with E-state index in [-0.39, 0.29) is 0 Å². The highest BCUT2D eigenvalue weighted by Gasteiger charge is 2.85. The SMILES string of the molecule is O=S(=O)(N(CCO)CCO)C(F)(F)C(F)(F)C(F)(F)C(F)(F)F. The summed E-state index contributed by atoms with van der Waals surface area (Å²) in [5.74, 6) is -14.7. The van der Waals surface area contributed by atoms with Gasteiger partial charge in [-0.1, -0.05) is 0 Å². The number of halogens is 9. The van der Waals surface area contributed by atoms with Gasteiger partial charge in [-0.15, -0.1) is 0 Å². The van der Waals surface area contributed by atoms with Gasteiger partial charge in [0.2, 0.25) is 0 Å². The predicted octanol–water partition coefficient (Wildman–Crippen LogP) is 1.03. The summed E-state index contributed by atoms with van der Waals surface area (Å²) < 4.78 is 136. The first kappa shape index (κ1) is 22.2. The summed E-state index contributed by atoms with van der Waals surface area (Å²) in [5, 5.41) is 10.0. The molecule has 140 valence electrons. The van der Waals surface area contributed by atoms with E-state index in [1.54, 1.807) is 0 Å². The number of aliphatic hydroxyl groups excluding tert-OH is 2. The highest BCUT2D eigenvalue weighted by atomic mass is 32.2. The fourth-order valence-corrected chi connectivity index (χ4v) is 2.68. The molecule has 0 aromatic rings. The fourth-order valence-electron chi connectivity index (χ4n) is 1.26. The zero-order valence-electron chi connectivity index (χ0n) is 10.8. The van der Waals surface area contributed by atoms with Crippen molar-refractivity contribution >= 4 is 10.0 Å². The molecule has 0 bridgehead atoms. The van der Waals surface area contributed by atoms with E-state index < -0.39 is 63.9 Å². The van der Waals surface area contributed by atoms with E-state index in [9.17, 15) is 47.9 Å². The van der Waals surface area contributed by atoms with Crippen LogP contribution >= 0.6 is 0 Å². The van der Waals surface area contributed by atoms with Gasteiger partial charge in [0.15, 0.2) is 0 Å². The standard InChI is InChI=1S/C8H10F9NO4S/c9-5(10,7(13,14)15)6(11,12)8(16,17)23(21,22)18(1-3-19)2-4-20/h19-20H,1-4H2. The quantitative estimate of drug-likeness (QED) is 0.610. The summed E-state index contributed by atoms with van der Waals surface area (Å²) in [6.07, 6.45) is -7.16. The van der Waals surface area contributed by atoms with E-state index in [4.69, 9.17) is 10.2 Å². The molecular formula is C8H10F9NO4S. The molecule has 0 unspecified atom stereocenters. The highest BCUT2D eigenvalue weighted by Crippen LogP contribution is 2.55. The average molecular weight is 387 g/mol. The Balaban J connectivity index is 6.12. The molecule has 0 rings (SSSR count). The molecule has 0 fully saturated rings. The van der Waals surface area contributed by atoms with Crippen molar-refractivity contribution in [2.75, 3.05) is 26.3 Å². The summed E-state index contributed by atoms with van der Waals surface area (Å²) in [5.41, 5.74) is 0. The molecule has 0 saturated heterocycles. The van der Waals surface area contributed by atoms with Crippen LogP contribution in [-0.2, 0) is 10.0 Å².